The third kappa shape index (κ3) is 3.91. The van der Waals surface area contributed by atoms with Gasteiger partial charge in [0.2, 0.25) is 11.8 Å². The fraction of sp³-hybridized carbons (Fsp3) is 0.846. The van der Waals surface area contributed by atoms with Crippen LogP contribution < -0.4 is 16.8 Å². The lowest BCUT2D eigenvalue weighted by Gasteiger charge is -2.16. The van der Waals surface area contributed by atoms with E-state index >= 15 is 0 Å². The summed E-state index contributed by atoms with van der Waals surface area (Å²) in [5, 5.41) is 2.86. The van der Waals surface area contributed by atoms with Gasteiger partial charge in [-0.15, -0.1) is 0 Å². The molecule has 2 fully saturated rings. The first-order valence-corrected chi connectivity index (χ1v) is 7.03. The smallest absolute Gasteiger partial charge is 0.246 e. The van der Waals surface area contributed by atoms with Crippen LogP contribution in [0.3, 0.4) is 0 Å². The summed E-state index contributed by atoms with van der Waals surface area (Å²) >= 11 is 0. The molecule has 1 saturated heterocycles. The Bertz CT molecular complexity index is 348. The van der Waals surface area contributed by atoms with Crippen molar-refractivity contribution in [2.75, 3.05) is 6.54 Å². The second kappa shape index (κ2) is 6.34. The molecule has 2 unspecified atom stereocenters. The van der Waals surface area contributed by atoms with E-state index < -0.39 is 12.0 Å². The van der Waals surface area contributed by atoms with Gasteiger partial charge in [-0.2, -0.15) is 0 Å². The maximum atomic E-state index is 11.8. The van der Waals surface area contributed by atoms with Gasteiger partial charge in [0, 0.05) is 19.0 Å². The predicted molar refractivity (Wildman–Crippen MR) is 70.0 cm³/mol. The molecule has 0 aromatic heterocycles. The molecule has 1 heterocycles. The summed E-state index contributed by atoms with van der Waals surface area (Å²) in [6, 6.07) is 0.160. The Labute approximate surface area is 113 Å². The summed E-state index contributed by atoms with van der Waals surface area (Å²) in [5.74, 6) is -0.0953. The van der Waals surface area contributed by atoms with Crippen LogP contribution in [0.5, 0.6) is 0 Å². The highest BCUT2D eigenvalue weighted by molar-refractivity contribution is 5.79. The van der Waals surface area contributed by atoms with Crippen LogP contribution in [0.4, 0.5) is 0 Å². The van der Waals surface area contributed by atoms with Crippen molar-refractivity contribution in [1.29, 1.82) is 0 Å². The zero-order chi connectivity index (χ0) is 13.8. The van der Waals surface area contributed by atoms with Crippen LogP contribution in [0.2, 0.25) is 0 Å². The molecule has 0 aromatic carbocycles. The molecule has 2 rings (SSSR count). The lowest BCUT2D eigenvalue weighted by molar-refractivity contribution is -0.128. The maximum Gasteiger partial charge on any atom is 0.246 e. The number of nitrogens with two attached hydrogens (primary N) is 2. The van der Waals surface area contributed by atoms with Crippen LogP contribution in [-0.2, 0) is 14.3 Å². The molecule has 6 heteroatoms. The topological polar surface area (TPSA) is 107 Å². The van der Waals surface area contributed by atoms with Crippen molar-refractivity contribution in [2.24, 2.45) is 17.4 Å². The van der Waals surface area contributed by atoms with Gasteiger partial charge in [-0.3, -0.25) is 9.59 Å². The molecule has 2 aliphatic rings. The standard InChI is InChI=1S/C13H23N3O3/c14-10-3-1-2-8(10)6-12(17)16-7-9-4-5-11(19-9)13(15)18/h8-11H,1-7,14H2,(H2,15,18)(H,16,17)/t8-,9?,10+,11?/m0/s1. The second-order valence-electron chi connectivity index (χ2n) is 5.59. The minimum absolute atomic E-state index is 0.0217. The molecule has 0 bridgehead atoms. The Balaban J connectivity index is 1.65. The van der Waals surface area contributed by atoms with Crippen molar-refractivity contribution >= 4 is 11.8 Å². The van der Waals surface area contributed by atoms with Crippen LogP contribution >= 0.6 is 0 Å². The number of nitrogens with one attached hydrogen (secondary N) is 1. The van der Waals surface area contributed by atoms with Crippen LogP contribution in [0.25, 0.3) is 0 Å². The SMILES string of the molecule is NC(=O)C1CCC(CNC(=O)C[C@@H]2CCC[C@H]2N)O1. The average molecular weight is 269 g/mol. The van der Waals surface area contributed by atoms with Crippen molar-refractivity contribution in [3.8, 4) is 0 Å². The number of hydrogen-bond donors (Lipinski definition) is 3. The molecule has 19 heavy (non-hydrogen) atoms. The minimum atomic E-state index is -0.495. The van der Waals surface area contributed by atoms with E-state index in [-0.39, 0.29) is 18.1 Å². The van der Waals surface area contributed by atoms with Gasteiger partial charge < -0.3 is 21.5 Å². The zero-order valence-electron chi connectivity index (χ0n) is 11.1. The molecule has 2 amide bonds. The van der Waals surface area contributed by atoms with Crippen molar-refractivity contribution in [1.82, 2.24) is 5.32 Å². The third-order valence-corrected chi connectivity index (χ3v) is 4.12. The zero-order valence-corrected chi connectivity index (χ0v) is 11.1. The number of carbonyl (C=O) groups excluding carboxylic acids is 2. The molecule has 1 aliphatic heterocycles. The monoisotopic (exact) mass is 269 g/mol. The minimum Gasteiger partial charge on any atom is -0.367 e. The van der Waals surface area contributed by atoms with Crippen molar-refractivity contribution in [3.05, 3.63) is 0 Å². The highest BCUT2D eigenvalue weighted by Crippen LogP contribution is 2.26. The van der Waals surface area contributed by atoms with E-state index in [0.29, 0.717) is 25.3 Å². The first-order valence-electron chi connectivity index (χ1n) is 7.03. The summed E-state index contributed by atoms with van der Waals surface area (Å²) in [5.41, 5.74) is 11.1. The number of amides is 2. The number of ether oxygens (including phenoxy) is 1. The highest BCUT2D eigenvalue weighted by Gasteiger charge is 2.30. The first-order chi connectivity index (χ1) is 9.06. The lowest BCUT2D eigenvalue weighted by atomic mass is 10.00. The van der Waals surface area contributed by atoms with Gasteiger partial charge in [0.05, 0.1) is 6.10 Å². The number of hydrogen-bond acceptors (Lipinski definition) is 4. The van der Waals surface area contributed by atoms with Crippen LogP contribution in [0, 0.1) is 5.92 Å². The van der Waals surface area contributed by atoms with Crippen molar-refractivity contribution in [2.45, 2.75) is 56.8 Å². The number of rotatable bonds is 5. The van der Waals surface area contributed by atoms with Gasteiger partial charge in [0.25, 0.3) is 0 Å². The molecule has 4 atom stereocenters. The quantitative estimate of drug-likeness (QED) is 0.634. The van der Waals surface area contributed by atoms with E-state index in [0.717, 1.165) is 25.7 Å². The summed E-state index contributed by atoms with van der Waals surface area (Å²) < 4.78 is 5.45. The fourth-order valence-electron chi connectivity index (χ4n) is 2.92. The molecule has 0 radical (unpaired) electrons. The summed E-state index contributed by atoms with van der Waals surface area (Å²) in [6.07, 6.45) is 4.48. The predicted octanol–water partition coefficient (Wildman–Crippen LogP) is -0.347. The van der Waals surface area contributed by atoms with Gasteiger partial charge >= 0.3 is 0 Å². The van der Waals surface area contributed by atoms with E-state index in [4.69, 9.17) is 16.2 Å². The summed E-state index contributed by atoms with van der Waals surface area (Å²) in [6.45, 7) is 0.449. The molecule has 1 saturated carbocycles. The van der Waals surface area contributed by atoms with Crippen molar-refractivity contribution in [3.63, 3.8) is 0 Å². The molecule has 6 nitrogen and oxygen atoms in total. The summed E-state index contributed by atoms with van der Waals surface area (Å²) in [7, 11) is 0. The Morgan fingerprint density at radius 3 is 2.58 bits per heavy atom. The van der Waals surface area contributed by atoms with E-state index in [1.807, 2.05) is 0 Å². The second-order valence-corrected chi connectivity index (χ2v) is 5.59. The Kier molecular flexibility index (Phi) is 4.76. The summed E-state index contributed by atoms with van der Waals surface area (Å²) in [4.78, 5) is 22.8. The fourth-order valence-corrected chi connectivity index (χ4v) is 2.92. The number of carbonyl (C=O) groups is 2. The molecule has 1 aliphatic carbocycles. The van der Waals surface area contributed by atoms with E-state index in [1.165, 1.54) is 0 Å². The third-order valence-electron chi connectivity index (χ3n) is 4.12. The molecule has 0 spiro atoms. The number of primary amides is 1. The normalized spacial score (nSPS) is 34.4. The van der Waals surface area contributed by atoms with Crippen molar-refractivity contribution < 1.29 is 14.3 Å². The van der Waals surface area contributed by atoms with Gasteiger partial charge in [-0.25, -0.2) is 0 Å². The first kappa shape index (κ1) is 14.3. The largest absolute Gasteiger partial charge is 0.367 e. The Morgan fingerprint density at radius 1 is 1.21 bits per heavy atom. The van der Waals surface area contributed by atoms with Crippen LogP contribution in [0.15, 0.2) is 0 Å². The Hall–Kier alpha value is -1.14. The van der Waals surface area contributed by atoms with E-state index in [9.17, 15) is 9.59 Å². The van der Waals surface area contributed by atoms with Gasteiger partial charge in [-0.1, -0.05) is 6.42 Å². The molecular weight excluding hydrogens is 246 g/mol. The lowest BCUT2D eigenvalue weighted by Crippen LogP contribution is -2.36. The molecule has 0 aromatic rings. The van der Waals surface area contributed by atoms with Gasteiger partial charge in [-0.05, 0) is 31.6 Å². The maximum absolute atomic E-state index is 11.8. The van der Waals surface area contributed by atoms with Gasteiger partial charge in [0.1, 0.15) is 6.10 Å². The Morgan fingerprint density at radius 2 is 2.00 bits per heavy atom. The molecule has 108 valence electrons. The van der Waals surface area contributed by atoms with E-state index in [2.05, 4.69) is 5.32 Å². The van der Waals surface area contributed by atoms with Gasteiger partial charge in [0.15, 0.2) is 0 Å². The highest BCUT2D eigenvalue weighted by atomic mass is 16.5. The van der Waals surface area contributed by atoms with E-state index in [1.54, 1.807) is 0 Å². The average Bonchev–Trinajstić information content (AvgIpc) is 2.97. The molecule has 5 N–H and O–H groups in total. The van der Waals surface area contributed by atoms with Crippen LogP contribution in [-0.4, -0.2) is 36.6 Å². The molecular formula is C13H23N3O3. The van der Waals surface area contributed by atoms with Crippen LogP contribution in [0.1, 0.15) is 38.5 Å².